The van der Waals surface area contributed by atoms with Gasteiger partial charge in [-0.25, -0.2) is 8.42 Å². The van der Waals surface area contributed by atoms with Gasteiger partial charge >= 0.3 is 4.87 Å². The summed E-state index contributed by atoms with van der Waals surface area (Å²) in [7, 11) is -3.63. The molecular formula is C20H17N3O4S3. The van der Waals surface area contributed by atoms with Crippen molar-refractivity contribution in [2.45, 2.75) is 17.7 Å². The van der Waals surface area contributed by atoms with E-state index in [1.807, 2.05) is 13.0 Å². The van der Waals surface area contributed by atoms with Crippen LogP contribution >= 0.6 is 22.7 Å². The van der Waals surface area contributed by atoms with Gasteiger partial charge in [-0.15, -0.1) is 11.3 Å². The average Bonchev–Trinajstić information content (AvgIpc) is 3.35. The first kappa shape index (κ1) is 20.3. The normalized spacial score (nSPS) is 11.5. The summed E-state index contributed by atoms with van der Waals surface area (Å²) in [6.45, 7) is 2.50. The molecule has 0 fully saturated rings. The summed E-state index contributed by atoms with van der Waals surface area (Å²) < 4.78 is 29.7. The fraction of sp³-hybridized carbons (Fsp3) is 0.100. The quantitative estimate of drug-likeness (QED) is 0.452. The number of nitrogens with zero attached hydrogens (tertiary/aromatic N) is 1. The minimum Gasteiger partial charge on any atom is -0.322 e. The van der Waals surface area contributed by atoms with Crippen LogP contribution in [0.3, 0.4) is 0 Å². The van der Waals surface area contributed by atoms with Gasteiger partial charge in [0, 0.05) is 23.5 Å². The highest BCUT2D eigenvalue weighted by Crippen LogP contribution is 2.23. The number of carbonyl (C=O) groups is 1. The van der Waals surface area contributed by atoms with Gasteiger partial charge in [-0.3, -0.25) is 18.9 Å². The Morgan fingerprint density at radius 3 is 2.47 bits per heavy atom. The largest absolute Gasteiger partial charge is 0.322 e. The Morgan fingerprint density at radius 1 is 1.07 bits per heavy atom. The summed E-state index contributed by atoms with van der Waals surface area (Å²) in [6.07, 6.45) is 0. The minimum absolute atomic E-state index is 0.0310. The molecule has 0 bridgehead atoms. The molecule has 4 rings (SSSR count). The number of anilines is 2. The van der Waals surface area contributed by atoms with Crippen molar-refractivity contribution >= 4 is 60.2 Å². The molecule has 2 heterocycles. The van der Waals surface area contributed by atoms with Crippen molar-refractivity contribution < 1.29 is 13.2 Å². The predicted molar refractivity (Wildman–Crippen MR) is 121 cm³/mol. The van der Waals surface area contributed by atoms with E-state index in [1.54, 1.807) is 40.3 Å². The lowest BCUT2D eigenvalue weighted by Crippen LogP contribution is -2.13. The highest BCUT2D eigenvalue weighted by Gasteiger charge is 2.15. The number of benzene rings is 2. The number of aryl methyl sites for hydroxylation is 1. The summed E-state index contributed by atoms with van der Waals surface area (Å²) in [5.74, 6) is -0.329. The monoisotopic (exact) mass is 459 g/mol. The molecule has 4 aromatic rings. The summed E-state index contributed by atoms with van der Waals surface area (Å²) in [5.41, 5.74) is 2.17. The number of sulfonamides is 1. The van der Waals surface area contributed by atoms with Crippen molar-refractivity contribution in [1.82, 2.24) is 4.57 Å². The number of nitrogens with one attached hydrogen (secondary N) is 2. The lowest BCUT2D eigenvalue weighted by atomic mass is 10.2. The van der Waals surface area contributed by atoms with E-state index in [2.05, 4.69) is 10.0 Å². The van der Waals surface area contributed by atoms with Crippen LogP contribution in [-0.2, 0) is 16.6 Å². The summed E-state index contributed by atoms with van der Waals surface area (Å²) in [5, 5.41) is 4.50. The SMILES string of the molecule is CCn1c(=O)sc2cc(NC(=O)c3ccc(NS(=O)(=O)c4cccs4)cc3)ccc21. The fourth-order valence-electron chi connectivity index (χ4n) is 2.96. The van der Waals surface area contributed by atoms with Crippen molar-refractivity contribution in [2.75, 3.05) is 10.0 Å². The maximum absolute atomic E-state index is 12.6. The molecule has 0 aliphatic carbocycles. The van der Waals surface area contributed by atoms with Gasteiger partial charge in [-0.05, 0) is 60.8 Å². The Balaban J connectivity index is 1.49. The second-order valence-electron chi connectivity index (χ2n) is 6.36. The molecule has 0 saturated heterocycles. The Kier molecular flexibility index (Phi) is 5.46. The number of aromatic nitrogens is 1. The first-order valence-corrected chi connectivity index (χ1v) is 12.2. The number of hydrogen-bond acceptors (Lipinski definition) is 6. The maximum Gasteiger partial charge on any atom is 0.308 e. The molecule has 2 aromatic heterocycles. The Labute approximate surface area is 180 Å². The van der Waals surface area contributed by atoms with Crippen LogP contribution in [0.15, 0.2) is 69.0 Å². The summed E-state index contributed by atoms with van der Waals surface area (Å²) >= 11 is 2.27. The first-order chi connectivity index (χ1) is 14.4. The van der Waals surface area contributed by atoms with Crippen LogP contribution in [0.2, 0.25) is 0 Å². The molecule has 0 unspecified atom stereocenters. The molecule has 0 radical (unpaired) electrons. The second kappa shape index (κ2) is 8.05. The van der Waals surface area contributed by atoms with Gasteiger partial charge in [-0.2, -0.15) is 0 Å². The topological polar surface area (TPSA) is 97.3 Å². The van der Waals surface area contributed by atoms with Crippen LogP contribution in [-0.4, -0.2) is 18.9 Å². The van der Waals surface area contributed by atoms with E-state index >= 15 is 0 Å². The molecule has 2 aromatic carbocycles. The van der Waals surface area contributed by atoms with Gasteiger partial charge < -0.3 is 5.32 Å². The van der Waals surface area contributed by atoms with E-state index in [0.717, 1.165) is 32.9 Å². The molecule has 30 heavy (non-hydrogen) atoms. The third-order valence-corrected chi connectivity index (χ3v) is 8.12. The third-order valence-electron chi connectivity index (χ3n) is 4.40. The number of fused-ring (bicyclic) bond motifs is 1. The second-order valence-corrected chi connectivity index (χ2v) is 10.2. The van der Waals surface area contributed by atoms with Crippen LogP contribution < -0.4 is 14.9 Å². The molecular weight excluding hydrogens is 442 g/mol. The van der Waals surface area contributed by atoms with Crippen molar-refractivity contribution in [3.8, 4) is 0 Å². The number of amides is 1. The Hall–Kier alpha value is -2.95. The zero-order valence-corrected chi connectivity index (χ0v) is 18.2. The lowest BCUT2D eigenvalue weighted by molar-refractivity contribution is 0.102. The maximum atomic E-state index is 12.6. The fourth-order valence-corrected chi connectivity index (χ4v) is 6.00. The van der Waals surface area contributed by atoms with Crippen molar-refractivity contribution in [1.29, 1.82) is 0 Å². The lowest BCUT2D eigenvalue weighted by Gasteiger charge is -2.08. The molecule has 0 spiro atoms. The average molecular weight is 460 g/mol. The Bertz CT molecular complexity index is 1370. The van der Waals surface area contributed by atoms with Crippen LogP contribution in [0.1, 0.15) is 17.3 Å². The number of rotatable bonds is 6. The van der Waals surface area contributed by atoms with E-state index in [-0.39, 0.29) is 15.0 Å². The number of thiazole rings is 1. The van der Waals surface area contributed by atoms with E-state index in [4.69, 9.17) is 0 Å². The van der Waals surface area contributed by atoms with Gasteiger partial charge in [0.05, 0.1) is 10.2 Å². The molecule has 7 nitrogen and oxygen atoms in total. The highest BCUT2D eigenvalue weighted by molar-refractivity contribution is 7.94. The number of carbonyl (C=O) groups excluding carboxylic acids is 1. The smallest absolute Gasteiger partial charge is 0.308 e. The zero-order chi connectivity index (χ0) is 21.3. The number of thiophene rings is 1. The van der Waals surface area contributed by atoms with Gasteiger partial charge in [0.2, 0.25) is 0 Å². The zero-order valence-electron chi connectivity index (χ0n) is 15.8. The summed E-state index contributed by atoms with van der Waals surface area (Å²) in [6, 6.07) is 14.7. The van der Waals surface area contributed by atoms with E-state index in [9.17, 15) is 18.0 Å². The van der Waals surface area contributed by atoms with Crippen LogP contribution in [0.4, 0.5) is 11.4 Å². The molecule has 10 heteroatoms. The standard InChI is InChI=1S/C20H17N3O4S3/c1-2-23-16-10-9-15(12-17(16)29-20(23)25)21-19(24)13-5-7-14(8-6-13)22-30(26,27)18-4-3-11-28-18/h3-12,22H,2H2,1H3,(H,21,24). The molecule has 0 aliphatic rings. The predicted octanol–water partition coefficient (Wildman–Crippen LogP) is 4.20. The van der Waals surface area contributed by atoms with Crippen LogP contribution in [0.25, 0.3) is 10.2 Å². The van der Waals surface area contributed by atoms with Crippen LogP contribution in [0.5, 0.6) is 0 Å². The van der Waals surface area contributed by atoms with Gasteiger partial charge in [-0.1, -0.05) is 17.4 Å². The van der Waals surface area contributed by atoms with Gasteiger partial charge in [0.25, 0.3) is 15.9 Å². The molecule has 0 atom stereocenters. The van der Waals surface area contributed by atoms with Crippen molar-refractivity contribution in [2.24, 2.45) is 0 Å². The molecule has 154 valence electrons. The molecule has 0 aliphatic heterocycles. The van der Waals surface area contributed by atoms with E-state index in [0.29, 0.717) is 23.5 Å². The van der Waals surface area contributed by atoms with Gasteiger partial charge in [0.1, 0.15) is 4.21 Å². The van der Waals surface area contributed by atoms with Crippen LogP contribution in [0, 0.1) is 0 Å². The Morgan fingerprint density at radius 2 is 1.80 bits per heavy atom. The first-order valence-electron chi connectivity index (χ1n) is 8.98. The number of hydrogen-bond donors (Lipinski definition) is 2. The van der Waals surface area contributed by atoms with Crippen molar-refractivity contribution in [3.63, 3.8) is 0 Å². The summed E-state index contributed by atoms with van der Waals surface area (Å²) in [4.78, 5) is 24.5. The molecule has 2 N–H and O–H groups in total. The molecule has 0 saturated carbocycles. The van der Waals surface area contributed by atoms with Gasteiger partial charge in [0.15, 0.2) is 0 Å². The highest BCUT2D eigenvalue weighted by atomic mass is 32.2. The third kappa shape index (κ3) is 4.02. The minimum atomic E-state index is -3.63. The van der Waals surface area contributed by atoms with Crippen molar-refractivity contribution in [3.05, 3.63) is 75.2 Å². The van der Waals surface area contributed by atoms with E-state index < -0.39 is 10.0 Å². The molecule has 1 amide bonds. The van der Waals surface area contributed by atoms with E-state index in [1.165, 1.54) is 18.2 Å².